The summed E-state index contributed by atoms with van der Waals surface area (Å²) in [5.41, 5.74) is 0.795. The van der Waals surface area contributed by atoms with Gasteiger partial charge in [0.2, 0.25) is 11.7 Å². The van der Waals surface area contributed by atoms with Crippen LogP contribution < -0.4 is 10.1 Å². The number of para-hydroxylation sites is 1. The number of nitrogens with one attached hydrogen (secondary N) is 1. The number of rotatable bonds is 12. The zero-order valence-corrected chi connectivity index (χ0v) is 20.7. The van der Waals surface area contributed by atoms with Crippen LogP contribution in [0.25, 0.3) is 0 Å². The third kappa shape index (κ3) is 8.36. The fourth-order valence-electron chi connectivity index (χ4n) is 3.24. The number of esters is 1. The minimum atomic E-state index is -1.07. The van der Waals surface area contributed by atoms with Crippen LogP contribution in [0, 0.1) is 5.82 Å². The molecule has 0 fully saturated rings. The van der Waals surface area contributed by atoms with E-state index in [1.54, 1.807) is 42.5 Å². The number of anilines is 1. The maximum absolute atomic E-state index is 13.1. The fraction of sp³-hybridized carbons (Fsp3) is 0.222. The van der Waals surface area contributed by atoms with Gasteiger partial charge in [-0.25, -0.2) is 4.39 Å². The highest BCUT2D eigenvalue weighted by Gasteiger charge is 2.24. The first kappa shape index (κ1) is 27.2. The predicted molar refractivity (Wildman–Crippen MR) is 136 cm³/mol. The lowest BCUT2D eigenvalue weighted by molar-refractivity contribution is -0.147. The van der Waals surface area contributed by atoms with E-state index in [4.69, 9.17) is 32.7 Å². The van der Waals surface area contributed by atoms with Gasteiger partial charge in [0.05, 0.1) is 5.02 Å². The van der Waals surface area contributed by atoms with Gasteiger partial charge < -0.3 is 14.8 Å². The molecule has 36 heavy (non-hydrogen) atoms. The molecule has 1 amide bonds. The molecule has 6 nitrogen and oxygen atoms in total. The second-order valence-electron chi connectivity index (χ2n) is 7.79. The third-order valence-electron chi connectivity index (χ3n) is 5.05. The Balaban J connectivity index is 1.43. The molecule has 1 atom stereocenters. The number of carbonyl (C=O) groups excluding carboxylic acids is 3. The normalized spacial score (nSPS) is 11.4. The summed E-state index contributed by atoms with van der Waals surface area (Å²) in [6.45, 7) is 0. The molecule has 0 aliphatic heterocycles. The molecule has 0 aliphatic carbocycles. The van der Waals surface area contributed by atoms with E-state index < -0.39 is 23.7 Å². The molecule has 0 radical (unpaired) electrons. The number of ether oxygens (including phenoxy) is 2. The number of Topliss-reactive ketones (excluding diaryl/α,β-unsaturated/α-hetero) is 1. The number of alkyl halides is 1. The van der Waals surface area contributed by atoms with E-state index in [1.165, 1.54) is 12.1 Å². The lowest BCUT2D eigenvalue weighted by Crippen LogP contribution is -2.28. The zero-order chi connectivity index (χ0) is 25.9. The SMILES string of the molecule is O=C(CCCC(=O)OC(CCCl)C(=O)c1ccc(F)cc1)Nc1ccc(Oc2ccccc2Cl)cc1. The number of amides is 1. The summed E-state index contributed by atoms with van der Waals surface area (Å²) in [5, 5.41) is 3.24. The van der Waals surface area contributed by atoms with Crippen LogP contribution >= 0.6 is 23.2 Å². The van der Waals surface area contributed by atoms with E-state index in [1.807, 2.05) is 6.07 Å². The molecule has 3 rings (SSSR count). The maximum Gasteiger partial charge on any atom is 0.306 e. The van der Waals surface area contributed by atoms with Gasteiger partial charge in [-0.15, -0.1) is 11.6 Å². The molecule has 188 valence electrons. The molecule has 3 aromatic carbocycles. The van der Waals surface area contributed by atoms with Gasteiger partial charge in [0, 0.05) is 36.4 Å². The van der Waals surface area contributed by atoms with Crippen LogP contribution in [0.2, 0.25) is 5.02 Å². The monoisotopic (exact) mass is 531 g/mol. The van der Waals surface area contributed by atoms with Crippen molar-refractivity contribution in [3.05, 3.63) is 89.2 Å². The molecule has 0 aliphatic rings. The van der Waals surface area contributed by atoms with Crippen molar-refractivity contribution in [1.29, 1.82) is 0 Å². The van der Waals surface area contributed by atoms with Gasteiger partial charge in [0.25, 0.3) is 0 Å². The topological polar surface area (TPSA) is 81.7 Å². The quantitative estimate of drug-likeness (QED) is 0.158. The summed E-state index contributed by atoms with van der Waals surface area (Å²) >= 11 is 11.8. The molecular formula is C27H24Cl2FNO5. The highest BCUT2D eigenvalue weighted by molar-refractivity contribution is 6.32. The molecule has 0 heterocycles. The molecule has 1 unspecified atom stereocenters. The van der Waals surface area contributed by atoms with Gasteiger partial charge in [-0.05, 0) is 67.1 Å². The number of hydrogen-bond donors (Lipinski definition) is 1. The zero-order valence-electron chi connectivity index (χ0n) is 19.2. The summed E-state index contributed by atoms with van der Waals surface area (Å²) in [5.74, 6) is -0.631. The van der Waals surface area contributed by atoms with Gasteiger partial charge in [-0.2, -0.15) is 0 Å². The number of benzene rings is 3. The Hall–Kier alpha value is -3.42. The molecule has 3 aromatic rings. The van der Waals surface area contributed by atoms with E-state index in [2.05, 4.69) is 5.32 Å². The van der Waals surface area contributed by atoms with E-state index in [0.29, 0.717) is 22.2 Å². The van der Waals surface area contributed by atoms with Gasteiger partial charge in [0.15, 0.2) is 6.10 Å². The summed E-state index contributed by atoms with van der Waals surface area (Å²) < 4.78 is 24.1. The molecule has 1 N–H and O–H groups in total. The van der Waals surface area contributed by atoms with Crippen molar-refractivity contribution in [2.75, 3.05) is 11.2 Å². The van der Waals surface area contributed by atoms with Gasteiger partial charge >= 0.3 is 5.97 Å². The lowest BCUT2D eigenvalue weighted by Gasteiger charge is -2.16. The van der Waals surface area contributed by atoms with Gasteiger partial charge in [-0.3, -0.25) is 14.4 Å². The Morgan fingerprint density at radius 3 is 2.28 bits per heavy atom. The van der Waals surface area contributed by atoms with Crippen LogP contribution in [0.3, 0.4) is 0 Å². The first-order valence-corrected chi connectivity index (χ1v) is 12.1. The highest BCUT2D eigenvalue weighted by Crippen LogP contribution is 2.29. The summed E-state index contributed by atoms with van der Waals surface area (Å²) in [6.07, 6.45) is -0.676. The Kier molecular flexibility index (Phi) is 10.3. The minimum absolute atomic E-state index is 0.0481. The number of halogens is 3. The van der Waals surface area contributed by atoms with E-state index in [-0.39, 0.29) is 43.0 Å². The predicted octanol–water partition coefficient (Wildman–Crippen LogP) is 6.80. The molecule has 0 aromatic heterocycles. The second kappa shape index (κ2) is 13.6. The molecular weight excluding hydrogens is 508 g/mol. The van der Waals surface area contributed by atoms with Crippen LogP contribution in [0.1, 0.15) is 36.0 Å². The van der Waals surface area contributed by atoms with Gasteiger partial charge in [0.1, 0.15) is 17.3 Å². The average Bonchev–Trinajstić information content (AvgIpc) is 2.86. The highest BCUT2D eigenvalue weighted by atomic mass is 35.5. The van der Waals surface area contributed by atoms with E-state index >= 15 is 0 Å². The number of ketones is 1. The van der Waals surface area contributed by atoms with Gasteiger partial charge in [-0.1, -0.05) is 23.7 Å². The summed E-state index contributed by atoms with van der Waals surface area (Å²) in [4.78, 5) is 37.1. The van der Waals surface area contributed by atoms with Crippen molar-refractivity contribution in [2.24, 2.45) is 0 Å². The van der Waals surface area contributed by atoms with Crippen LogP contribution in [0.15, 0.2) is 72.8 Å². The third-order valence-corrected chi connectivity index (χ3v) is 5.58. The maximum atomic E-state index is 13.1. The van der Waals surface area contributed by atoms with E-state index in [0.717, 1.165) is 12.1 Å². The molecule has 0 bridgehead atoms. The van der Waals surface area contributed by atoms with Crippen molar-refractivity contribution < 1.29 is 28.2 Å². The van der Waals surface area contributed by atoms with Crippen LogP contribution in [-0.4, -0.2) is 29.6 Å². The minimum Gasteiger partial charge on any atom is -0.456 e. The van der Waals surface area contributed by atoms with E-state index in [9.17, 15) is 18.8 Å². The van der Waals surface area contributed by atoms with Crippen LogP contribution in [0.5, 0.6) is 11.5 Å². The fourth-order valence-corrected chi connectivity index (χ4v) is 3.61. The summed E-state index contributed by atoms with van der Waals surface area (Å²) in [7, 11) is 0. The average molecular weight is 532 g/mol. The second-order valence-corrected chi connectivity index (χ2v) is 8.57. The lowest BCUT2D eigenvalue weighted by atomic mass is 10.0. The van der Waals surface area contributed by atoms with Crippen molar-refractivity contribution in [3.63, 3.8) is 0 Å². The Morgan fingerprint density at radius 2 is 1.61 bits per heavy atom. The van der Waals surface area contributed by atoms with Crippen molar-refractivity contribution in [1.82, 2.24) is 0 Å². The van der Waals surface area contributed by atoms with Crippen LogP contribution in [0.4, 0.5) is 10.1 Å². The number of carbonyl (C=O) groups is 3. The number of hydrogen-bond acceptors (Lipinski definition) is 5. The Morgan fingerprint density at radius 1 is 0.917 bits per heavy atom. The molecule has 0 saturated carbocycles. The smallest absolute Gasteiger partial charge is 0.306 e. The first-order chi connectivity index (χ1) is 17.4. The Labute approximate surface area is 218 Å². The standard InChI is InChI=1S/C27H24Cl2FNO5/c28-17-16-24(27(34)18-8-10-19(30)11-9-18)36-26(33)7-3-6-25(32)31-20-12-14-21(15-13-20)35-23-5-2-1-4-22(23)29/h1-2,4-5,8-15,24H,3,6-7,16-17H2,(H,31,32). The van der Waals surface area contributed by atoms with Crippen molar-refractivity contribution >= 4 is 46.5 Å². The molecule has 0 saturated heterocycles. The summed E-state index contributed by atoms with van der Waals surface area (Å²) in [6, 6.07) is 18.8. The van der Waals surface area contributed by atoms with Crippen molar-refractivity contribution in [2.45, 2.75) is 31.8 Å². The van der Waals surface area contributed by atoms with Crippen molar-refractivity contribution in [3.8, 4) is 11.5 Å². The largest absolute Gasteiger partial charge is 0.456 e. The Bertz CT molecular complexity index is 1190. The molecule has 9 heteroatoms. The van der Waals surface area contributed by atoms with Crippen LogP contribution in [-0.2, 0) is 14.3 Å². The molecule has 0 spiro atoms. The first-order valence-electron chi connectivity index (χ1n) is 11.2.